The van der Waals surface area contributed by atoms with E-state index in [0.717, 1.165) is 22.6 Å². The van der Waals surface area contributed by atoms with Gasteiger partial charge in [0.05, 0.1) is 26.2 Å². The average Bonchev–Trinajstić information content (AvgIpc) is 2.96. The summed E-state index contributed by atoms with van der Waals surface area (Å²) in [6.07, 6.45) is 1.18. The van der Waals surface area contributed by atoms with Gasteiger partial charge in [0.1, 0.15) is 11.8 Å². The van der Waals surface area contributed by atoms with Gasteiger partial charge in [-0.2, -0.15) is 0 Å². The zero-order chi connectivity index (χ0) is 20.7. The van der Waals surface area contributed by atoms with E-state index in [2.05, 4.69) is 10.6 Å². The van der Waals surface area contributed by atoms with Gasteiger partial charge in [-0.1, -0.05) is 32.4 Å². The van der Waals surface area contributed by atoms with E-state index in [1.54, 1.807) is 7.11 Å². The maximum Gasteiger partial charge on any atom is 0.324 e. The number of amides is 4. The number of aliphatic hydroxyl groups excluding tert-OH is 1. The van der Waals surface area contributed by atoms with Crippen LogP contribution in [0.2, 0.25) is 0 Å². The zero-order valence-corrected chi connectivity index (χ0v) is 16.6. The minimum Gasteiger partial charge on any atom is -0.497 e. The fraction of sp³-hybridized carbons (Fsp3) is 0.550. The summed E-state index contributed by atoms with van der Waals surface area (Å²) in [6.45, 7) is 3.98. The number of imide groups is 1. The fourth-order valence-electron chi connectivity index (χ4n) is 3.06. The Morgan fingerprint density at radius 3 is 2.57 bits per heavy atom. The van der Waals surface area contributed by atoms with Crippen molar-refractivity contribution in [3.63, 3.8) is 0 Å². The molecule has 1 fully saturated rings. The lowest BCUT2D eigenvalue weighted by Crippen LogP contribution is -2.45. The van der Waals surface area contributed by atoms with Crippen LogP contribution in [0.15, 0.2) is 24.3 Å². The van der Waals surface area contributed by atoms with E-state index in [0.29, 0.717) is 6.42 Å². The highest BCUT2D eigenvalue weighted by atomic mass is 16.5. The van der Waals surface area contributed by atoms with Crippen LogP contribution in [0.3, 0.4) is 0 Å². The second-order valence-electron chi connectivity index (χ2n) is 7.04. The summed E-state index contributed by atoms with van der Waals surface area (Å²) in [5.74, 6) is 0.0833. The largest absolute Gasteiger partial charge is 0.497 e. The van der Waals surface area contributed by atoms with E-state index in [4.69, 9.17) is 4.74 Å². The zero-order valence-electron chi connectivity index (χ0n) is 16.6. The lowest BCUT2D eigenvalue weighted by Gasteiger charge is -2.22. The highest BCUT2D eigenvalue weighted by molar-refractivity contribution is 6.05. The number of hydrogen-bond acceptors (Lipinski definition) is 5. The molecule has 1 aromatic carbocycles. The fourth-order valence-corrected chi connectivity index (χ4v) is 3.06. The molecule has 8 heteroatoms. The third-order valence-corrected chi connectivity index (χ3v) is 5.15. The molecular formula is C20H29N3O5. The first-order chi connectivity index (χ1) is 13.4. The van der Waals surface area contributed by atoms with Crippen molar-refractivity contribution in [2.75, 3.05) is 20.3 Å². The number of hydrogen-bond donors (Lipinski definition) is 3. The molecule has 1 aliphatic rings. The third kappa shape index (κ3) is 5.45. The molecule has 8 nitrogen and oxygen atoms in total. The lowest BCUT2D eigenvalue weighted by atomic mass is 9.99. The smallest absolute Gasteiger partial charge is 0.324 e. The molecule has 0 spiro atoms. The van der Waals surface area contributed by atoms with Gasteiger partial charge < -0.3 is 20.5 Å². The summed E-state index contributed by atoms with van der Waals surface area (Å²) >= 11 is 0. The van der Waals surface area contributed by atoms with Gasteiger partial charge in [-0.05, 0) is 30.0 Å². The molecule has 0 radical (unpaired) electrons. The van der Waals surface area contributed by atoms with Crippen LogP contribution in [0.5, 0.6) is 5.75 Å². The number of nitrogens with zero attached hydrogens (tertiary/aromatic N) is 1. The minimum absolute atomic E-state index is 0.115. The Morgan fingerprint density at radius 1 is 1.32 bits per heavy atom. The summed E-state index contributed by atoms with van der Waals surface area (Å²) in [5.41, 5.74) is 0.974. The number of nitrogens with one attached hydrogen (secondary N) is 2. The molecule has 0 aromatic heterocycles. The van der Waals surface area contributed by atoms with Crippen molar-refractivity contribution < 1.29 is 24.2 Å². The second kappa shape index (κ2) is 10.1. The van der Waals surface area contributed by atoms with Crippen LogP contribution in [-0.4, -0.2) is 60.2 Å². The Hall–Kier alpha value is -2.61. The summed E-state index contributed by atoms with van der Waals surface area (Å²) in [6, 6.07) is 5.68. The molecule has 0 saturated carbocycles. The average molecular weight is 391 g/mol. The predicted molar refractivity (Wildman–Crippen MR) is 104 cm³/mol. The van der Waals surface area contributed by atoms with Crippen molar-refractivity contribution in [1.29, 1.82) is 0 Å². The Bertz CT molecular complexity index is 692. The quantitative estimate of drug-likeness (QED) is 0.517. The van der Waals surface area contributed by atoms with Crippen LogP contribution in [0.4, 0.5) is 4.79 Å². The topological polar surface area (TPSA) is 108 Å². The number of carbonyl (C=O) groups is 3. The molecule has 1 saturated heterocycles. The van der Waals surface area contributed by atoms with Crippen molar-refractivity contribution in [2.45, 2.75) is 45.2 Å². The van der Waals surface area contributed by atoms with Gasteiger partial charge in [0.15, 0.2) is 0 Å². The number of aliphatic hydroxyl groups is 1. The molecule has 154 valence electrons. The molecule has 1 aliphatic heterocycles. The van der Waals surface area contributed by atoms with Crippen LogP contribution >= 0.6 is 0 Å². The molecule has 0 unspecified atom stereocenters. The van der Waals surface area contributed by atoms with Crippen molar-refractivity contribution in [2.24, 2.45) is 5.92 Å². The van der Waals surface area contributed by atoms with Crippen LogP contribution in [0.1, 0.15) is 32.3 Å². The summed E-state index contributed by atoms with van der Waals surface area (Å²) in [7, 11) is 1.59. The van der Waals surface area contributed by atoms with Gasteiger partial charge in [-0.25, -0.2) is 4.79 Å². The van der Waals surface area contributed by atoms with Crippen molar-refractivity contribution in [3.05, 3.63) is 29.8 Å². The number of methoxy groups -OCH3 is 1. The molecule has 4 amide bonds. The summed E-state index contributed by atoms with van der Waals surface area (Å²) in [4.78, 5) is 38.0. The Labute approximate surface area is 165 Å². The number of rotatable bonds is 10. The molecule has 3 N–H and O–H groups in total. The Kier molecular flexibility index (Phi) is 7.80. The van der Waals surface area contributed by atoms with Crippen molar-refractivity contribution >= 4 is 17.8 Å². The number of urea groups is 1. The lowest BCUT2D eigenvalue weighted by molar-refractivity contribution is -0.131. The molecule has 0 bridgehead atoms. The molecule has 1 heterocycles. The van der Waals surface area contributed by atoms with E-state index < -0.39 is 18.0 Å². The van der Waals surface area contributed by atoms with Gasteiger partial charge in [0.25, 0.3) is 5.91 Å². The molecule has 28 heavy (non-hydrogen) atoms. The van der Waals surface area contributed by atoms with Gasteiger partial charge in [-0.3, -0.25) is 14.5 Å². The van der Waals surface area contributed by atoms with Crippen LogP contribution < -0.4 is 15.4 Å². The minimum atomic E-state index is -0.875. The Balaban J connectivity index is 1.88. The van der Waals surface area contributed by atoms with Crippen molar-refractivity contribution in [3.8, 4) is 5.75 Å². The van der Waals surface area contributed by atoms with Crippen LogP contribution in [0, 0.1) is 5.92 Å². The van der Waals surface area contributed by atoms with Crippen LogP contribution in [0.25, 0.3) is 0 Å². The molecule has 3 atom stereocenters. The number of carbonyl (C=O) groups excluding carboxylic acids is 3. The first kappa shape index (κ1) is 21.7. The SMILES string of the molecule is CC[C@@H](C)[C@@H](CO)NC(=O)C[C@@H]1NC(=O)N(CCc2ccc(OC)cc2)C1=O. The standard InChI is InChI=1S/C20H29N3O5/c1-4-13(2)17(12-24)21-18(25)11-16-19(26)23(20(27)22-16)10-9-14-5-7-15(28-3)8-6-14/h5-8,13,16-17,24H,4,9-12H2,1-3H3,(H,21,25)(H,22,27)/t13-,16+,17-/m1/s1. The van der Waals surface area contributed by atoms with Gasteiger partial charge in [0.2, 0.25) is 5.91 Å². The predicted octanol–water partition coefficient (Wildman–Crippen LogP) is 1.07. The van der Waals surface area contributed by atoms with Crippen LogP contribution in [-0.2, 0) is 16.0 Å². The number of ether oxygens (including phenoxy) is 1. The molecule has 1 aromatic rings. The normalized spacial score (nSPS) is 18.6. The van der Waals surface area contributed by atoms with E-state index in [1.165, 1.54) is 0 Å². The molecule has 0 aliphatic carbocycles. The second-order valence-corrected chi connectivity index (χ2v) is 7.04. The summed E-state index contributed by atoms with van der Waals surface area (Å²) in [5, 5.41) is 14.7. The van der Waals surface area contributed by atoms with E-state index in [1.807, 2.05) is 38.1 Å². The van der Waals surface area contributed by atoms with Gasteiger partial charge in [-0.15, -0.1) is 0 Å². The first-order valence-corrected chi connectivity index (χ1v) is 9.54. The van der Waals surface area contributed by atoms with Crippen molar-refractivity contribution in [1.82, 2.24) is 15.5 Å². The van der Waals surface area contributed by atoms with E-state index in [9.17, 15) is 19.5 Å². The first-order valence-electron chi connectivity index (χ1n) is 9.54. The summed E-state index contributed by atoms with van der Waals surface area (Å²) < 4.78 is 5.11. The van der Waals surface area contributed by atoms with E-state index in [-0.39, 0.29) is 37.4 Å². The monoisotopic (exact) mass is 391 g/mol. The van der Waals surface area contributed by atoms with E-state index >= 15 is 0 Å². The highest BCUT2D eigenvalue weighted by Crippen LogP contribution is 2.15. The molecular weight excluding hydrogens is 362 g/mol. The third-order valence-electron chi connectivity index (χ3n) is 5.15. The highest BCUT2D eigenvalue weighted by Gasteiger charge is 2.39. The van der Waals surface area contributed by atoms with Gasteiger partial charge >= 0.3 is 6.03 Å². The maximum absolute atomic E-state index is 12.5. The Morgan fingerprint density at radius 2 is 2.00 bits per heavy atom. The molecule has 2 rings (SSSR count). The maximum atomic E-state index is 12.5. The van der Waals surface area contributed by atoms with Gasteiger partial charge in [0, 0.05) is 6.54 Å². The number of benzene rings is 1.